The monoisotopic (exact) mass is 379 g/mol. The number of carbonyl (C=O) groups is 2. The van der Waals surface area contributed by atoms with E-state index in [2.05, 4.69) is 20.4 Å². The van der Waals surface area contributed by atoms with E-state index in [9.17, 15) is 9.59 Å². The van der Waals surface area contributed by atoms with E-state index in [1.54, 1.807) is 54.5 Å². The molecule has 3 aromatic rings. The van der Waals surface area contributed by atoms with Crippen molar-refractivity contribution in [2.24, 2.45) is 0 Å². The third-order valence-electron chi connectivity index (χ3n) is 4.66. The zero-order valence-corrected chi connectivity index (χ0v) is 15.8. The zero-order chi connectivity index (χ0) is 19.7. The Hall–Kier alpha value is -3.49. The maximum absolute atomic E-state index is 12.5. The summed E-state index contributed by atoms with van der Waals surface area (Å²) in [7, 11) is 3.49. The number of rotatable bonds is 3. The van der Waals surface area contributed by atoms with Crippen molar-refractivity contribution in [3.05, 3.63) is 53.6 Å². The van der Waals surface area contributed by atoms with Gasteiger partial charge in [-0.3, -0.25) is 19.4 Å². The molecule has 28 heavy (non-hydrogen) atoms. The van der Waals surface area contributed by atoms with Gasteiger partial charge in [-0.05, 0) is 24.3 Å². The van der Waals surface area contributed by atoms with Crippen molar-refractivity contribution in [3.8, 4) is 0 Å². The van der Waals surface area contributed by atoms with Crippen LogP contribution in [0.4, 0.5) is 4.79 Å². The third-order valence-corrected chi connectivity index (χ3v) is 4.66. The normalized spacial score (nSPS) is 13.3. The van der Waals surface area contributed by atoms with Crippen LogP contribution in [0.2, 0.25) is 0 Å². The van der Waals surface area contributed by atoms with Crippen LogP contribution in [-0.2, 0) is 19.6 Å². The molecule has 1 aromatic carbocycles. The molecule has 0 bridgehead atoms. The van der Waals surface area contributed by atoms with Crippen LogP contribution < -0.4 is 5.32 Å². The highest BCUT2D eigenvalue weighted by molar-refractivity contribution is 5.97. The Labute approximate surface area is 162 Å². The Kier molecular flexibility index (Phi) is 4.64. The summed E-state index contributed by atoms with van der Waals surface area (Å²) in [5, 5.41) is 7.42. The van der Waals surface area contributed by atoms with Crippen LogP contribution in [0.5, 0.6) is 0 Å². The summed E-state index contributed by atoms with van der Waals surface area (Å²) in [6.07, 6.45) is 3.22. The molecule has 0 atom stereocenters. The van der Waals surface area contributed by atoms with E-state index < -0.39 is 0 Å². The van der Waals surface area contributed by atoms with Gasteiger partial charge >= 0.3 is 6.03 Å². The van der Waals surface area contributed by atoms with Crippen molar-refractivity contribution >= 4 is 23.0 Å². The number of nitrogens with one attached hydrogen (secondary N) is 1. The van der Waals surface area contributed by atoms with Crippen LogP contribution in [0.25, 0.3) is 11.0 Å². The first kappa shape index (κ1) is 17.9. The predicted molar refractivity (Wildman–Crippen MR) is 102 cm³/mol. The van der Waals surface area contributed by atoms with Crippen molar-refractivity contribution in [1.82, 2.24) is 34.9 Å². The molecule has 0 radical (unpaired) electrons. The number of benzene rings is 1. The van der Waals surface area contributed by atoms with E-state index in [1.807, 2.05) is 10.7 Å². The SMILES string of the molecule is CN(C)C(=O)N1CCn2nc(CNC(=O)c3ccc4nccnc4c3)cc2C1. The van der Waals surface area contributed by atoms with E-state index in [-0.39, 0.29) is 11.9 Å². The lowest BCUT2D eigenvalue weighted by molar-refractivity contribution is 0.0950. The molecule has 1 aliphatic rings. The Bertz CT molecular complexity index is 1040. The molecule has 9 heteroatoms. The highest BCUT2D eigenvalue weighted by atomic mass is 16.2. The Morgan fingerprint density at radius 2 is 1.89 bits per heavy atom. The number of aromatic nitrogens is 4. The quantitative estimate of drug-likeness (QED) is 0.739. The molecular weight excluding hydrogens is 358 g/mol. The van der Waals surface area contributed by atoms with Gasteiger partial charge in [-0.25, -0.2) is 4.79 Å². The average Bonchev–Trinajstić information content (AvgIpc) is 3.13. The first-order chi connectivity index (χ1) is 13.5. The molecule has 9 nitrogen and oxygen atoms in total. The molecule has 0 saturated carbocycles. The van der Waals surface area contributed by atoms with E-state index in [0.29, 0.717) is 37.3 Å². The highest BCUT2D eigenvalue weighted by Gasteiger charge is 2.23. The van der Waals surface area contributed by atoms with Crippen molar-refractivity contribution < 1.29 is 9.59 Å². The Balaban J connectivity index is 1.41. The molecule has 3 amide bonds. The lowest BCUT2D eigenvalue weighted by atomic mass is 10.2. The lowest BCUT2D eigenvalue weighted by Gasteiger charge is -2.29. The van der Waals surface area contributed by atoms with Gasteiger partial charge in [0, 0.05) is 38.6 Å². The standard InChI is InChI=1S/C19H21N7O2/c1-24(2)19(28)25-7-8-26-15(12-25)10-14(23-26)11-22-18(27)13-3-4-16-17(9-13)21-6-5-20-16/h3-6,9-10H,7-8,11-12H2,1-2H3,(H,22,27). The first-order valence-electron chi connectivity index (χ1n) is 9.02. The molecule has 144 valence electrons. The summed E-state index contributed by atoms with van der Waals surface area (Å²) < 4.78 is 1.90. The average molecular weight is 379 g/mol. The first-order valence-corrected chi connectivity index (χ1v) is 9.02. The van der Waals surface area contributed by atoms with Gasteiger partial charge in [0.15, 0.2) is 0 Å². The number of hydrogen-bond acceptors (Lipinski definition) is 5. The van der Waals surface area contributed by atoms with Gasteiger partial charge in [0.1, 0.15) is 0 Å². The molecule has 1 N–H and O–H groups in total. The summed E-state index contributed by atoms with van der Waals surface area (Å²) in [4.78, 5) is 36.4. The molecule has 2 aromatic heterocycles. The summed E-state index contributed by atoms with van der Waals surface area (Å²) in [6.45, 7) is 2.10. The smallest absolute Gasteiger partial charge is 0.319 e. The number of carbonyl (C=O) groups excluding carboxylic acids is 2. The third kappa shape index (κ3) is 3.51. The highest BCUT2D eigenvalue weighted by Crippen LogP contribution is 2.15. The fourth-order valence-electron chi connectivity index (χ4n) is 3.24. The Morgan fingerprint density at radius 1 is 1.11 bits per heavy atom. The van der Waals surface area contributed by atoms with Gasteiger partial charge in [-0.15, -0.1) is 0 Å². The summed E-state index contributed by atoms with van der Waals surface area (Å²) in [6, 6.07) is 7.15. The maximum atomic E-state index is 12.5. The minimum absolute atomic E-state index is 0.0123. The molecule has 0 unspecified atom stereocenters. The molecular formula is C19H21N7O2. The molecule has 4 rings (SSSR count). The van der Waals surface area contributed by atoms with Gasteiger partial charge in [0.2, 0.25) is 0 Å². The molecule has 0 aliphatic carbocycles. The van der Waals surface area contributed by atoms with Gasteiger partial charge < -0.3 is 15.1 Å². The molecule has 0 saturated heterocycles. The zero-order valence-electron chi connectivity index (χ0n) is 15.8. The maximum Gasteiger partial charge on any atom is 0.319 e. The summed E-state index contributed by atoms with van der Waals surface area (Å²) >= 11 is 0. The van der Waals surface area contributed by atoms with Crippen LogP contribution in [0.3, 0.4) is 0 Å². The van der Waals surface area contributed by atoms with Crippen molar-refractivity contribution in [2.75, 3.05) is 20.6 Å². The molecule has 0 spiro atoms. The van der Waals surface area contributed by atoms with Gasteiger partial charge in [-0.1, -0.05) is 0 Å². The molecule has 1 aliphatic heterocycles. The van der Waals surface area contributed by atoms with E-state index in [0.717, 1.165) is 16.9 Å². The van der Waals surface area contributed by atoms with Gasteiger partial charge in [-0.2, -0.15) is 5.10 Å². The van der Waals surface area contributed by atoms with Crippen LogP contribution >= 0.6 is 0 Å². The second-order valence-corrected chi connectivity index (χ2v) is 6.89. The van der Waals surface area contributed by atoms with E-state index in [4.69, 9.17) is 0 Å². The van der Waals surface area contributed by atoms with Crippen LogP contribution in [0, 0.1) is 0 Å². The minimum atomic E-state index is -0.192. The molecule has 3 heterocycles. The van der Waals surface area contributed by atoms with Crippen LogP contribution in [-0.4, -0.2) is 62.1 Å². The predicted octanol–water partition coefficient (Wildman–Crippen LogP) is 1.25. The molecule has 0 fully saturated rings. The summed E-state index contributed by atoms with van der Waals surface area (Å²) in [5.74, 6) is -0.192. The van der Waals surface area contributed by atoms with Gasteiger partial charge in [0.05, 0.1) is 42.1 Å². The number of nitrogens with zero attached hydrogens (tertiary/aromatic N) is 6. The fourth-order valence-corrected chi connectivity index (χ4v) is 3.24. The summed E-state index contributed by atoms with van der Waals surface area (Å²) in [5.41, 5.74) is 3.69. The number of fused-ring (bicyclic) bond motifs is 2. The van der Waals surface area contributed by atoms with Crippen molar-refractivity contribution in [3.63, 3.8) is 0 Å². The van der Waals surface area contributed by atoms with Crippen molar-refractivity contribution in [2.45, 2.75) is 19.6 Å². The van der Waals surface area contributed by atoms with Crippen molar-refractivity contribution in [1.29, 1.82) is 0 Å². The number of amides is 3. The topological polar surface area (TPSA) is 96.2 Å². The van der Waals surface area contributed by atoms with Crippen LogP contribution in [0.1, 0.15) is 21.7 Å². The van der Waals surface area contributed by atoms with Gasteiger partial charge in [0.25, 0.3) is 5.91 Å². The number of hydrogen-bond donors (Lipinski definition) is 1. The van der Waals surface area contributed by atoms with Crippen LogP contribution in [0.15, 0.2) is 36.7 Å². The Morgan fingerprint density at radius 3 is 2.68 bits per heavy atom. The van der Waals surface area contributed by atoms with E-state index in [1.165, 1.54) is 0 Å². The largest absolute Gasteiger partial charge is 0.346 e. The van der Waals surface area contributed by atoms with E-state index >= 15 is 0 Å². The second-order valence-electron chi connectivity index (χ2n) is 6.89. The lowest BCUT2D eigenvalue weighted by Crippen LogP contribution is -2.43. The second kappa shape index (κ2) is 7.26. The minimum Gasteiger partial charge on any atom is -0.346 e. The number of urea groups is 1. The fraction of sp³-hybridized carbons (Fsp3) is 0.316.